The van der Waals surface area contributed by atoms with Crippen LogP contribution in [-0.2, 0) is 57.0 Å². The Kier molecular flexibility index (Phi) is 36.0. The van der Waals surface area contributed by atoms with E-state index < -0.39 is 36.5 Å². The fraction of sp³-hybridized carbons (Fsp3) is 0.953. The minimum Gasteiger partial charge on any atom is -0.435 e. The molecule has 2 unspecified atom stereocenters. The van der Waals surface area contributed by atoms with E-state index in [9.17, 15) is 9.59 Å². The zero-order valence-corrected chi connectivity index (χ0v) is 36.6. The number of unbranched alkanes of at least 4 members (excludes halogenated alkanes) is 8. The molecule has 12 nitrogen and oxygen atoms in total. The van der Waals surface area contributed by atoms with Gasteiger partial charge in [0.25, 0.3) is 11.9 Å². The molecule has 0 aromatic heterocycles. The Labute approximate surface area is 336 Å². The number of ether oxygens (including phenoxy) is 10. The van der Waals surface area contributed by atoms with Crippen LogP contribution in [-0.4, -0.2) is 89.3 Å². The lowest BCUT2D eigenvalue weighted by atomic mass is 10.2. The zero-order chi connectivity index (χ0) is 40.9. The van der Waals surface area contributed by atoms with Crippen LogP contribution in [0.5, 0.6) is 0 Å². The van der Waals surface area contributed by atoms with Crippen molar-refractivity contribution in [2.75, 3.05) is 52.9 Å². The summed E-state index contributed by atoms with van der Waals surface area (Å²) in [6, 6.07) is 0. The summed E-state index contributed by atoms with van der Waals surface area (Å²) in [4.78, 5) is 26.5. The van der Waals surface area contributed by atoms with E-state index in [0.29, 0.717) is 52.9 Å². The number of carbonyl (C=O) groups excluding carboxylic acids is 2. The van der Waals surface area contributed by atoms with Gasteiger partial charge in [0.2, 0.25) is 12.6 Å². The molecule has 0 saturated carbocycles. The van der Waals surface area contributed by atoms with Gasteiger partial charge in [0, 0.05) is 12.8 Å². The highest BCUT2D eigenvalue weighted by molar-refractivity contribution is 5.72. The smallest absolute Gasteiger partial charge is 0.308 e. The minimum atomic E-state index is -1.40. The van der Waals surface area contributed by atoms with E-state index in [1.54, 1.807) is 0 Å². The van der Waals surface area contributed by atoms with Gasteiger partial charge in [0.1, 0.15) is 0 Å². The van der Waals surface area contributed by atoms with Crippen LogP contribution in [0.2, 0.25) is 0 Å². The van der Waals surface area contributed by atoms with Crippen molar-refractivity contribution in [1.82, 2.24) is 0 Å². The third-order valence-corrected chi connectivity index (χ3v) is 8.38. The summed E-state index contributed by atoms with van der Waals surface area (Å²) < 4.78 is 60.9. The topological polar surface area (TPSA) is 126 Å². The van der Waals surface area contributed by atoms with Gasteiger partial charge in [-0.3, -0.25) is 9.59 Å². The molecule has 0 N–H and O–H groups in total. The van der Waals surface area contributed by atoms with Gasteiger partial charge >= 0.3 is 11.9 Å². The first-order valence-corrected chi connectivity index (χ1v) is 22.2. The molecular weight excluding hydrogens is 708 g/mol. The molecule has 328 valence electrons. The highest BCUT2D eigenvalue weighted by atomic mass is 16.9. The van der Waals surface area contributed by atoms with Gasteiger partial charge in [-0.25, -0.2) is 0 Å². The van der Waals surface area contributed by atoms with Crippen LogP contribution < -0.4 is 0 Å². The number of hydrogen-bond acceptors (Lipinski definition) is 12. The molecule has 12 heteroatoms. The molecule has 0 saturated heterocycles. The van der Waals surface area contributed by atoms with Crippen LogP contribution in [0.15, 0.2) is 0 Å². The molecule has 0 aliphatic heterocycles. The monoisotopic (exact) mass is 793 g/mol. The van der Waals surface area contributed by atoms with Crippen LogP contribution in [0.3, 0.4) is 0 Å². The van der Waals surface area contributed by atoms with Crippen LogP contribution >= 0.6 is 0 Å². The van der Waals surface area contributed by atoms with Crippen molar-refractivity contribution in [3.63, 3.8) is 0 Å². The average molecular weight is 793 g/mol. The highest BCUT2D eigenvalue weighted by Crippen LogP contribution is 2.28. The number of esters is 2. The minimum absolute atomic E-state index is 0.00830. The lowest BCUT2D eigenvalue weighted by Gasteiger charge is -2.35. The lowest BCUT2D eigenvalue weighted by molar-refractivity contribution is -0.398. The van der Waals surface area contributed by atoms with E-state index in [0.717, 1.165) is 89.9 Å². The second-order valence-electron chi connectivity index (χ2n) is 14.1. The Morgan fingerprint density at radius 2 is 0.655 bits per heavy atom. The molecule has 0 spiro atoms. The molecular formula is C43H84O12. The Morgan fingerprint density at radius 1 is 0.364 bits per heavy atom. The molecule has 0 heterocycles. The van der Waals surface area contributed by atoms with Crippen LogP contribution in [0.4, 0.5) is 0 Å². The Bertz CT molecular complexity index is 761. The maximum atomic E-state index is 13.2. The average Bonchev–Trinajstić information content (AvgIpc) is 3.18. The normalized spacial score (nSPS) is 13.2. The van der Waals surface area contributed by atoms with Crippen molar-refractivity contribution >= 4 is 11.9 Å². The summed E-state index contributed by atoms with van der Waals surface area (Å²) >= 11 is 0. The third kappa shape index (κ3) is 28.6. The third-order valence-electron chi connectivity index (χ3n) is 8.38. The summed E-state index contributed by atoms with van der Waals surface area (Å²) in [7, 11) is 0. The summed E-state index contributed by atoms with van der Waals surface area (Å²) in [6.45, 7) is 19.8. The number of carbonyl (C=O) groups is 2. The van der Waals surface area contributed by atoms with Crippen molar-refractivity contribution in [3.8, 4) is 0 Å². The molecule has 0 radical (unpaired) electrons. The SMILES string of the molecule is CCCCCCCOC(CC(OCCC)(OCCC)OCCC)OC(=O)CCCC(=O)OC(CC(OCCC)(OCCC)OCCC)OCCCCCCC. The van der Waals surface area contributed by atoms with Gasteiger partial charge in [0.15, 0.2) is 0 Å². The summed E-state index contributed by atoms with van der Waals surface area (Å²) in [6.07, 6.45) is 13.6. The standard InChI is InChI=1S/C43H84O12/c1-9-17-19-21-23-34-46-40(36-42(48-28-11-3,49-29-12-4)50-30-13-5)54-38(44)26-25-27-39(45)55-41(47-35-24-22-20-18-10-2)37-43(51-31-14-6,52-32-15-7)53-33-16-8/h40-41H,9-37H2,1-8H3. The summed E-state index contributed by atoms with van der Waals surface area (Å²) in [5.74, 6) is -3.79. The van der Waals surface area contributed by atoms with Crippen molar-refractivity contribution in [3.05, 3.63) is 0 Å². The van der Waals surface area contributed by atoms with E-state index in [1.165, 1.54) is 12.8 Å². The van der Waals surface area contributed by atoms with E-state index in [4.69, 9.17) is 47.4 Å². The predicted octanol–water partition coefficient (Wildman–Crippen LogP) is 10.5. The van der Waals surface area contributed by atoms with E-state index in [1.807, 2.05) is 41.5 Å². The largest absolute Gasteiger partial charge is 0.435 e. The van der Waals surface area contributed by atoms with Gasteiger partial charge in [0.05, 0.1) is 65.7 Å². The van der Waals surface area contributed by atoms with E-state index >= 15 is 0 Å². The molecule has 0 amide bonds. The Morgan fingerprint density at radius 3 is 0.927 bits per heavy atom. The molecule has 0 bridgehead atoms. The summed E-state index contributed by atoms with van der Waals surface area (Å²) in [5.41, 5.74) is 0. The molecule has 2 atom stereocenters. The molecule has 0 aliphatic carbocycles. The van der Waals surface area contributed by atoms with Crippen molar-refractivity contribution in [1.29, 1.82) is 0 Å². The molecule has 0 aromatic rings. The highest BCUT2D eigenvalue weighted by Gasteiger charge is 2.40. The number of rotatable bonds is 42. The van der Waals surface area contributed by atoms with Gasteiger partial charge in [-0.05, 0) is 57.8 Å². The van der Waals surface area contributed by atoms with Gasteiger partial charge in [-0.2, -0.15) is 0 Å². The Hall–Kier alpha value is -1.38. The van der Waals surface area contributed by atoms with Crippen molar-refractivity contribution in [2.24, 2.45) is 0 Å². The molecule has 0 rings (SSSR count). The second kappa shape index (κ2) is 36.9. The lowest BCUT2D eigenvalue weighted by Crippen LogP contribution is -2.45. The van der Waals surface area contributed by atoms with Crippen molar-refractivity contribution < 1.29 is 57.0 Å². The predicted molar refractivity (Wildman–Crippen MR) is 215 cm³/mol. The van der Waals surface area contributed by atoms with Crippen molar-refractivity contribution in [2.45, 2.75) is 215 Å². The van der Waals surface area contributed by atoms with E-state index in [-0.39, 0.29) is 32.1 Å². The fourth-order valence-corrected chi connectivity index (χ4v) is 5.46. The van der Waals surface area contributed by atoms with Gasteiger partial charge in [-0.1, -0.05) is 107 Å². The first-order valence-electron chi connectivity index (χ1n) is 22.2. The quantitative estimate of drug-likeness (QED) is 0.0332. The van der Waals surface area contributed by atoms with Crippen LogP contribution in [0.1, 0.15) is 190 Å². The van der Waals surface area contributed by atoms with Crippen LogP contribution in [0, 0.1) is 0 Å². The number of hydrogen-bond donors (Lipinski definition) is 0. The van der Waals surface area contributed by atoms with E-state index in [2.05, 4.69) is 13.8 Å². The van der Waals surface area contributed by atoms with Crippen LogP contribution in [0.25, 0.3) is 0 Å². The summed E-state index contributed by atoms with van der Waals surface area (Å²) in [5, 5.41) is 0. The van der Waals surface area contributed by atoms with Gasteiger partial charge in [-0.15, -0.1) is 0 Å². The molecule has 0 fully saturated rings. The maximum absolute atomic E-state index is 13.2. The first-order chi connectivity index (χ1) is 26.7. The molecule has 0 aliphatic rings. The van der Waals surface area contributed by atoms with Gasteiger partial charge < -0.3 is 47.4 Å². The second-order valence-corrected chi connectivity index (χ2v) is 14.1. The maximum Gasteiger partial charge on any atom is 0.308 e. The first kappa shape index (κ1) is 53.6. The fourth-order valence-electron chi connectivity index (χ4n) is 5.46. The Balaban J connectivity index is 5.74. The molecule has 0 aromatic carbocycles. The molecule has 55 heavy (non-hydrogen) atoms. The zero-order valence-electron chi connectivity index (χ0n) is 36.6.